The number of rotatable bonds is 4. The normalized spacial score (nSPS) is 16.2. The van der Waals surface area contributed by atoms with Crippen LogP contribution in [-0.2, 0) is 0 Å². The van der Waals surface area contributed by atoms with Crippen molar-refractivity contribution in [1.82, 2.24) is 15.3 Å². The Morgan fingerprint density at radius 1 is 1.20 bits per heavy atom. The molecule has 0 amide bonds. The zero-order chi connectivity index (χ0) is 13.8. The lowest BCUT2D eigenvalue weighted by Gasteiger charge is -2.21. The molecule has 1 aliphatic rings. The van der Waals surface area contributed by atoms with E-state index in [2.05, 4.69) is 27.4 Å². The zero-order valence-electron chi connectivity index (χ0n) is 11.9. The number of nitrogens with one attached hydrogen (secondary N) is 2. The van der Waals surface area contributed by atoms with Crippen LogP contribution in [0.15, 0.2) is 30.5 Å². The molecule has 1 aromatic carbocycles. The van der Waals surface area contributed by atoms with Gasteiger partial charge < -0.3 is 15.0 Å². The van der Waals surface area contributed by atoms with Crippen molar-refractivity contribution in [3.05, 3.63) is 36.2 Å². The smallest absolute Gasteiger partial charge is 0.137 e. The van der Waals surface area contributed by atoms with Crippen molar-refractivity contribution < 1.29 is 4.74 Å². The Morgan fingerprint density at radius 3 is 2.65 bits per heavy atom. The fraction of sp³-hybridized carbons (Fsp3) is 0.438. The van der Waals surface area contributed by atoms with Gasteiger partial charge in [-0.2, -0.15) is 0 Å². The summed E-state index contributed by atoms with van der Waals surface area (Å²) in [4.78, 5) is 7.99. The molecule has 0 aliphatic carbocycles. The van der Waals surface area contributed by atoms with Crippen LogP contribution in [0.3, 0.4) is 0 Å². The fourth-order valence-electron chi connectivity index (χ4n) is 2.70. The summed E-state index contributed by atoms with van der Waals surface area (Å²) in [5, 5.41) is 3.39. The molecular weight excluding hydrogens is 250 g/mol. The van der Waals surface area contributed by atoms with Gasteiger partial charge in [0.05, 0.1) is 6.61 Å². The number of hydrogen-bond acceptors (Lipinski definition) is 3. The highest BCUT2D eigenvalue weighted by molar-refractivity contribution is 5.56. The standard InChI is InChI=1S/C16H21N3O/c1-2-20-14-5-3-13(4-6-14)16-18-11-15(19-16)12-7-9-17-10-8-12/h3-6,11-12,17H,2,7-10H2,1H3,(H,18,19). The molecule has 1 aliphatic heterocycles. The van der Waals surface area contributed by atoms with Crippen LogP contribution in [0.2, 0.25) is 0 Å². The summed E-state index contributed by atoms with van der Waals surface area (Å²) >= 11 is 0. The van der Waals surface area contributed by atoms with Gasteiger partial charge in [0.2, 0.25) is 0 Å². The third-order valence-electron chi connectivity index (χ3n) is 3.81. The lowest BCUT2D eigenvalue weighted by Crippen LogP contribution is -2.26. The SMILES string of the molecule is CCOc1ccc(-c2ncc(C3CCNCC3)[nH]2)cc1. The molecular formula is C16H21N3O. The van der Waals surface area contributed by atoms with Crippen molar-refractivity contribution in [2.45, 2.75) is 25.7 Å². The first kappa shape index (κ1) is 13.2. The minimum Gasteiger partial charge on any atom is -0.494 e. The average molecular weight is 271 g/mol. The Bertz CT molecular complexity index is 541. The highest BCUT2D eigenvalue weighted by Crippen LogP contribution is 2.26. The number of ether oxygens (including phenoxy) is 1. The Labute approximate surface area is 119 Å². The van der Waals surface area contributed by atoms with Crippen LogP contribution in [0.5, 0.6) is 5.75 Å². The molecule has 4 nitrogen and oxygen atoms in total. The van der Waals surface area contributed by atoms with Gasteiger partial charge >= 0.3 is 0 Å². The second-order valence-corrected chi connectivity index (χ2v) is 5.17. The van der Waals surface area contributed by atoms with E-state index in [9.17, 15) is 0 Å². The van der Waals surface area contributed by atoms with Crippen molar-refractivity contribution >= 4 is 0 Å². The van der Waals surface area contributed by atoms with E-state index in [1.165, 1.54) is 18.5 Å². The molecule has 1 fully saturated rings. The Hall–Kier alpha value is -1.81. The summed E-state index contributed by atoms with van der Waals surface area (Å²) in [5.74, 6) is 2.46. The van der Waals surface area contributed by atoms with Gasteiger partial charge in [-0.25, -0.2) is 4.98 Å². The van der Waals surface area contributed by atoms with E-state index >= 15 is 0 Å². The van der Waals surface area contributed by atoms with Gasteiger partial charge in [0, 0.05) is 23.4 Å². The van der Waals surface area contributed by atoms with E-state index in [0.717, 1.165) is 30.2 Å². The molecule has 0 bridgehead atoms. The van der Waals surface area contributed by atoms with Crippen molar-refractivity contribution in [1.29, 1.82) is 0 Å². The van der Waals surface area contributed by atoms with Crippen molar-refractivity contribution in [2.24, 2.45) is 0 Å². The first-order chi connectivity index (χ1) is 9.86. The summed E-state index contributed by atoms with van der Waals surface area (Å²) < 4.78 is 5.46. The van der Waals surface area contributed by atoms with Crippen LogP contribution in [0.25, 0.3) is 11.4 Å². The lowest BCUT2D eigenvalue weighted by molar-refractivity contribution is 0.340. The van der Waals surface area contributed by atoms with Crippen molar-refractivity contribution in [3.8, 4) is 17.1 Å². The van der Waals surface area contributed by atoms with E-state index in [4.69, 9.17) is 4.74 Å². The molecule has 0 unspecified atom stereocenters. The molecule has 4 heteroatoms. The van der Waals surface area contributed by atoms with Gasteiger partial charge in [-0.1, -0.05) is 0 Å². The van der Waals surface area contributed by atoms with Gasteiger partial charge in [-0.15, -0.1) is 0 Å². The summed E-state index contributed by atoms with van der Waals surface area (Å²) in [7, 11) is 0. The topological polar surface area (TPSA) is 49.9 Å². The molecule has 2 aromatic rings. The van der Waals surface area contributed by atoms with Crippen LogP contribution >= 0.6 is 0 Å². The number of imidazole rings is 1. The first-order valence-corrected chi connectivity index (χ1v) is 7.35. The number of aromatic amines is 1. The molecule has 20 heavy (non-hydrogen) atoms. The summed E-state index contributed by atoms with van der Waals surface area (Å²) in [6, 6.07) is 8.09. The Kier molecular flexibility index (Phi) is 4.02. The largest absolute Gasteiger partial charge is 0.494 e. The van der Waals surface area contributed by atoms with Crippen molar-refractivity contribution in [3.63, 3.8) is 0 Å². The zero-order valence-corrected chi connectivity index (χ0v) is 11.9. The molecule has 0 atom stereocenters. The maximum Gasteiger partial charge on any atom is 0.137 e. The molecule has 1 aromatic heterocycles. The van der Waals surface area contributed by atoms with Gasteiger partial charge in [0.15, 0.2) is 0 Å². The van der Waals surface area contributed by atoms with Gasteiger partial charge in [-0.05, 0) is 57.1 Å². The molecule has 0 spiro atoms. The number of H-pyrrole nitrogens is 1. The first-order valence-electron chi connectivity index (χ1n) is 7.35. The molecule has 2 N–H and O–H groups in total. The Balaban J connectivity index is 1.75. The summed E-state index contributed by atoms with van der Waals surface area (Å²) in [6.07, 6.45) is 4.36. The Morgan fingerprint density at radius 2 is 1.95 bits per heavy atom. The van der Waals surface area contributed by atoms with Crippen LogP contribution in [-0.4, -0.2) is 29.7 Å². The molecule has 2 heterocycles. The van der Waals surface area contributed by atoms with E-state index in [0.29, 0.717) is 12.5 Å². The number of piperidine rings is 1. The second-order valence-electron chi connectivity index (χ2n) is 5.17. The third-order valence-corrected chi connectivity index (χ3v) is 3.81. The van der Waals surface area contributed by atoms with Gasteiger partial charge in [-0.3, -0.25) is 0 Å². The average Bonchev–Trinajstić information content (AvgIpc) is 2.99. The van der Waals surface area contributed by atoms with E-state index in [1.54, 1.807) is 0 Å². The minimum absolute atomic E-state index is 0.611. The number of aromatic nitrogens is 2. The lowest BCUT2D eigenvalue weighted by atomic mass is 9.95. The van der Waals surface area contributed by atoms with Gasteiger partial charge in [0.25, 0.3) is 0 Å². The maximum atomic E-state index is 5.46. The van der Waals surface area contributed by atoms with Crippen LogP contribution < -0.4 is 10.1 Å². The number of hydrogen-bond donors (Lipinski definition) is 2. The highest BCUT2D eigenvalue weighted by Gasteiger charge is 2.17. The minimum atomic E-state index is 0.611. The second kappa shape index (κ2) is 6.09. The fourth-order valence-corrected chi connectivity index (χ4v) is 2.70. The van der Waals surface area contributed by atoms with Crippen LogP contribution in [0.1, 0.15) is 31.4 Å². The number of nitrogens with zero attached hydrogens (tertiary/aromatic N) is 1. The number of benzene rings is 1. The van der Waals surface area contributed by atoms with E-state index in [1.807, 2.05) is 25.3 Å². The molecule has 3 rings (SSSR count). The molecule has 0 saturated carbocycles. The predicted octanol–water partition coefficient (Wildman–Crippen LogP) is 2.94. The van der Waals surface area contributed by atoms with Crippen molar-refractivity contribution in [2.75, 3.05) is 19.7 Å². The quantitative estimate of drug-likeness (QED) is 0.899. The van der Waals surface area contributed by atoms with Crippen LogP contribution in [0, 0.1) is 0 Å². The highest BCUT2D eigenvalue weighted by atomic mass is 16.5. The molecule has 0 radical (unpaired) electrons. The molecule has 106 valence electrons. The van der Waals surface area contributed by atoms with Gasteiger partial charge in [0.1, 0.15) is 11.6 Å². The predicted molar refractivity (Wildman–Crippen MR) is 80.0 cm³/mol. The van der Waals surface area contributed by atoms with Crippen LogP contribution in [0.4, 0.5) is 0 Å². The van der Waals surface area contributed by atoms with E-state index in [-0.39, 0.29) is 0 Å². The maximum absolute atomic E-state index is 5.46. The van der Waals surface area contributed by atoms with E-state index < -0.39 is 0 Å². The third kappa shape index (κ3) is 2.85. The summed E-state index contributed by atoms with van der Waals surface area (Å²) in [6.45, 7) is 4.88. The summed E-state index contributed by atoms with van der Waals surface area (Å²) in [5.41, 5.74) is 2.36. The monoisotopic (exact) mass is 271 g/mol. The molecule has 1 saturated heterocycles.